The standard InChI is InChI=1S/C16H11ClN2O2S2/c1-2-5-19-15(21)12(14(20)18-16(19)22)6-9-8-23-13-4-3-10(17)7-11(9)13/h2-4,6-8H,1,5H2,(H,18,20,22)/b12-6+. The molecule has 1 aromatic carbocycles. The van der Waals surface area contributed by atoms with E-state index in [4.69, 9.17) is 23.8 Å². The Morgan fingerprint density at radius 3 is 2.91 bits per heavy atom. The number of carbonyl (C=O) groups is 2. The maximum absolute atomic E-state index is 12.5. The number of hydrogen-bond acceptors (Lipinski definition) is 4. The average molecular weight is 363 g/mol. The minimum Gasteiger partial charge on any atom is -0.298 e. The van der Waals surface area contributed by atoms with Gasteiger partial charge in [-0.15, -0.1) is 17.9 Å². The number of rotatable bonds is 3. The fraction of sp³-hybridized carbons (Fsp3) is 0.0625. The third-order valence-corrected chi connectivity index (χ3v) is 4.90. The Hall–Kier alpha value is -2.02. The molecule has 2 aromatic rings. The van der Waals surface area contributed by atoms with Crippen LogP contribution in [0.2, 0.25) is 5.02 Å². The van der Waals surface area contributed by atoms with Gasteiger partial charge in [-0.05, 0) is 47.4 Å². The summed E-state index contributed by atoms with van der Waals surface area (Å²) in [7, 11) is 0. The first-order valence-corrected chi connectivity index (χ1v) is 8.34. The lowest BCUT2D eigenvalue weighted by Crippen LogP contribution is -2.53. The van der Waals surface area contributed by atoms with Crippen molar-refractivity contribution in [1.29, 1.82) is 0 Å². The summed E-state index contributed by atoms with van der Waals surface area (Å²) in [5, 5.41) is 6.01. The second-order valence-electron chi connectivity index (χ2n) is 4.85. The highest BCUT2D eigenvalue weighted by atomic mass is 35.5. The van der Waals surface area contributed by atoms with Crippen molar-refractivity contribution in [3.05, 3.63) is 52.4 Å². The van der Waals surface area contributed by atoms with Gasteiger partial charge in [0.05, 0.1) is 0 Å². The quantitative estimate of drug-likeness (QED) is 0.394. The third kappa shape index (κ3) is 2.93. The second-order valence-corrected chi connectivity index (χ2v) is 6.59. The van der Waals surface area contributed by atoms with Crippen LogP contribution in [0.15, 0.2) is 41.8 Å². The van der Waals surface area contributed by atoms with Crippen LogP contribution in [0.25, 0.3) is 16.2 Å². The van der Waals surface area contributed by atoms with E-state index in [0.717, 1.165) is 15.6 Å². The van der Waals surface area contributed by atoms with Gasteiger partial charge < -0.3 is 0 Å². The van der Waals surface area contributed by atoms with Crippen LogP contribution in [0, 0.1) is 0 Å². The summed E-state index contributed by atoms with van der Waals surface area (Å²) in [6.07, 6.45) is 3.13. The monoisotopic (exact) mass is 362 g/mol. The van der Waals surface area contributed by atoms with Crippen molar-refractivity contribution in [3.8, 4) is 0 Å². The second kappa shape index (κ2) is 6.23. The molecule has 0 radical (unpaired) electrons. The molecule has 2 heterocycles. The predicted molar refractivity (Wildman–Crippen MR) is 97.5 cm³/mol. The summed E-state index contributed by atoms with van der Waals surface area (Å²) >= 11 is 12.6. The topological polar surface area (TPSA) is 49.4 Å². The van der Waals surface area contributed by atoms with Crippen LogP contribution < -0.4 is 5.32 Å². The molecule has 1 aromatic heterocycles. The van der Waals surface area contributed by atoms with Crippen LogP contribution in [0.5, 0.6) is 0 Å². The zero-order valence-electron chi connectivity index (χ0n) is 11.8. The molecule has 0 aliphatic carbocycles. The Morgan fingerprint density at radius 1 is 1.39 bits per heavy atom. The Labute approximate surface area is 147 Å². The molecule has 1 N–H and O–H groups in total. The fourth-order valence-corrected chi connectivity index (χ4v) is 3.60. The van der Waals surface area contributed by atoms with Crippen LogP contribution in [0.1, 0.15) is 5.56 Å². The molecule has 1 fully saturated rings. The molecule has 0 atom stereocenters. The summed E-state index contributed by atoms with van der Waals surface area (Å²) in [4.78, 5) is 25.9. The SMILES string of the molecule is C=CCN1C(=O)/C(=C/c2csc3ccc(Cl)cc23)C(=O)NC1=S. The van der Waals surface area contributed by atoms with Crippen molar-refractivity contribution in [3.63, 3.8) is 0 Å². The Morgan fingerprint density at radius 2 is 2.17 bits per heavy atom. The molecule has 23 heavy (non-hydrogen) atoms. The Bertz CT molecular complexity index is 885. The molecule has 0 saturated carbocycles. The minimum atomic E-state index is -0.498. The highest BCUT2D eigenvalue weighted by Gasteiger charge is 2.32. The first-order chi connectivity index (χ1) is 11.0. The highest BCUT2D eigenvalue weighted by molar-refractivity contribution is 7.80. The van der Waals surface area contributed by atoms with E-state index < -0.39 is 11.8 Å². The van der Waals surface area contributed by atoms with E-state index in [9.17, 15) is 9.59 Å². The van der Waals surface area contributed by atoms with Crippen LogP contribution in [0.4, 0.5) is 0 Å². The largest absolute Gasteiger partial charge is 0.298 e. The summed E-state index contributed by atoms with van der Waals surface area (Å²) in [6.45, 7) is 3.84. The molecule has 116 valence electrons. The van der Waals surface area contributed by atoms with Gasteiger partial charge in [-0.2, -0.15) is 0 Å². The van der Waals surface area contributed by atoms with Gasteiger partial charge in [-0.3, -0.25) is 19.8 Å². The van der Waals surface area contributed by atoms with Crippen LogP contribution in [-0.4, -0.2) is 28.4 Å². The molecule has 4 nitrogen and oxygen atoms in total. The lowest BCUT2D eigenvalue weighted by atomic mass is 10.1. The normalized spacial score (nSPS) is 17.0. The number of fused-ring (bicyclic) bond motifs is 1. The zero-order chi connectivity index (χ0) is 16.6. The first-order valence-electron chi connectivity index (χ1n) is 6.68. The van der Waals surface area contributed by atoms with Crippen LogP contribution in [0.3, 0.4) is 0 Å². The van der Waals surface area contributed by atoms with Crippen molar-refractivity contribution in [2.45, 2.75) is 0 Å². The number of benzene rings is 1. The molecular formula is C16H11ClN2O2S2. The molecule has 1 saturated heterocycles. The predicted octanol–water partition coefficient (Wildman–Crippen LogP) is 3.37. The molecule has 0 bridgehead atoms. The third-order valence-electron chi connectivity index (χ3n) is 3.36. The maximum atomic E-state index is 12.5. The van der Waals surface area contributed by atoms with Crippen molar-refractivity contribution >= 4 is 68.2 Å². The molecule has 1 aliphatic heterocycles. The number of hydrogen-bond donors (Lipinski definition) is 1. The smallest absolute Gasteiger partial charge is 0.265 e. The van der Waals surface area contributed by atoms with E-state index >= 15 is 0 Å². The van der Waals surface area contributed by atoms with E-state index in [1.54, 1.807) is 18.2 Å². The number of carbonyl (C=O) groups excluding carboxylic acids is 2. The van der Waals surface area contributed by atoms with Gasteiger partial charge in [0, 0.05) is 21.7 Å². The molecule has 3 rings (SSSR count). The summed E-state index contributed by atoms with van der Waals surface area (Å²) in [6, 6.07) is 5.53. The number of amides is 2. The van der Waals surface area contributed by atoms with Crippen molar-refractivity contribution in [1.82, 2.24) is 10.2 Å². The van der Waals surface area contributed by atoms with Crippen molar-refractivity contribution < 1.29 is 9.59 Å². The van der Waals surface area contributed by atoms with Gasteiger partial charge in [0.1, 0.15) is 5.57 Å². The summed E-state index contributed by atoms with van der Waals surface area (Å²) < 4.78 is 1.03. The van der Waals surface area contributed by atoms with Gasteiger partial charge in [-0.25, -0.2) is 0 Å². The van der Waals surface area contributed by atoms with Gasteiger partial charge in [0.2, 0.25) is 0 Å². The van der Waals surface area contributed by atoms with Crippen LogP contribution in [-0.2, 0) is 9.59 Å². The lowest BCUT2D eigenvalue weighted by Gasteiger charge is -2.27. The van der Waals surface area contributed by atoms with Crippen LogP contribution >= 0.6 is 35.2 Å². The molecular weight excluding hydrogens is 352 g/mol. The van der Waals surface area contributed by atoms with Gasteiger partial charge in [-0.1, -0.05) is 17.7 Å². The maximum Gasteiger partial charge on any atom is 0.265 e. The number of nitrogens with one attached hydrogen (secondary N) is 1. The number of halogens is 1. The zero-order valence-corrected chi connectivity index (χ0v) is 14.2. The van der Waals surface area contributed by atoms with E-state index in [1.807, 2.05) is 17.5 Å². The average Bonchev–Trinajstić information content (AvgIpc) is 2.90. The lowest BCUT2D eigenvalue weighted by molar-refractivity contribution is -0.128. The molecule has 0 unspecified atom stereocenters. The summed E-state index contributed by atoms with van der Waals surface area (Å²) in [5.74, 6) is -0.929. The minimum absolute atomic E-state index is 0.0418. The first kappa shape index (κ1) is 15.9. The van der Waals surface area contributed by atoms with E-state index in [0.29, 0.717) is 5.02 Å². The van der Waals surface area contributed by atoms with Gasteiger partial charge in [0.25, 0.3) is 11.8 Å². The Balaban J connectivity index is 2.07. The number of nitrogens with zero attached hydrogens (tertiary/aromatic N) is 1. The molecule has 2 amide bonds. The molecule has 1 aliphatic rings. The fourth-order valence-electron chi connectivity index (χ4n) is 2.28. The Kier molecular flexibility index (Phi) is 4.30. The van der Waals surface area contributed by atoms with E-state index in [-0.39, 0.29) is 17.2 Å². The van der Waals surface area contributed by atoms with E-state index in [1.165, 1.54) is 16.2 Å². The highest BCUT2D eigenvalue weighted by Crippen LogP contribution is 2.30. The van der Waals surface area contributed by atoms with Gasteiger partial charge >= 0.3 is 0 Å². The van der Waals surface area contributed by atoms with Crippen molar-refractivity contribution in [2.75, 3.05) is 6.54 Å². The number of thiophene rings is 1. The van der Waals surface area contributed by atoms with Crippen molar-refractivity contribution in [2.24, 2.45) is 0 Å². The molecule has 7 heteroatoms. The van der Waals surface area contributed by atoms with Gasteiger partial charge in [0.15, 0.2) is 5.11 Å². The van der Waals surface area contributed by atoms with E-state index in [2.05, 4.69) is 11.9 Å². The molecule has 0 spiro atoms. The number of thiocarbonyl (C=S) groups is 1. The summed E-state index contributed by atoms with van der Waals surface area (Å²) in [5.41, 5.74) is 0.817.